The molecular formula is C68H86F6N2S4. The lowest BCUT2D eigenvalue weighted by Crippen LogP contribution is -2.23. The Kier molecular flexibility index (Phi) is 22.0. The first-order chi connectivity index (χ1) is 38.4. The van der Waals surface area contributed by atoms with E-state index in [1.54, 1.807) is 58.8 Å². The molecule has 2 nitrogen and oxygen atoms in total. The summed E-state index contributed by atoms with van der Waals surface area (Å²) in [6, 6.07) is 19.7. The summed E-state index contributed by atoms with van der Waals surface area (Å²) < 4.78 is 95.8. The third kappa shape index (κ3) is 14.6. The summed E-state index contributed by atoms with van der Waals surface area (Å²) in [4.78, 5) is 7.64. The summed E-state index contributed by atoms with van der Waals surface area (Å²) in [6.45, 7) is 10.7. The first-order valence-corrected chi connectivity index (χ1v) is 33.5. The number of rotatable bonds is 29. The second-order valence-electron chi connectivity index (χ2n) is 22.9. The van der Waals surface area contributed by atoms with Gasteiger partial charge in [0, 0.05) is 96.1 Å². The highest BCUT2D eigenvalue weighted by Gasteiger charge is 2.34. The van der Waals surface area contributed by atoms with Gasteiger partial charge in [0.05, 0.1) is 10.7 Å². The Labute approximate surface area is 488 Å². The maximum Gasteiger partial charge on any atom is 0.413 e. The van der Waals surface area contributed by atoms with E-state index >= 15 is 13.2 Å². The van der Waals surface area contributed by atoms with E-state index in [-0.39, 0.29) is 21.1 Å². The standard InChI is InChI=1S/C68H86F6N2S4/c1-9-11-13-15-17-19-21-23-25-27-29-31-33-52-63(57-40-36-46(4)77-57)79-66-53(34-32-30-28-26-24-22-20-18-16-14-12-10-2)64(80-65(52)66)58-42-41-56(78-58)49-37-39-51-55(44-49)76(8)62(60(51)48(6)68(72,73)74)61-59(47(5)67(69,70)71)50-38-35-45(3)43-54(50)75(61)7/h35-44H,9-34H2,1-8H3/b59-47-,60-48+,62-61+. The Bertz CT molecular complexity index is 3550. The zero-order valence-corrected chi connectivity index (χ0v) is 52.2. The molecule has 0 aliphatic carbocycles. The molecule has 434 valence electrons. The van der Waals surface area contributed by atoms with Crippen molar-refractivity contribution in [2.45, 2.75) is 221 Å². The summed E-state index contributed by atoms with van der Waals surface area (Å²) in [5.74, 6) is 0. The summed E-state index contributed by atoms with van der Waals surface area (Å²) in [7, 11) is 3.34. The minimum atomic E-state index is -4.73. The van der Waals surface area contributed by atoms with Crippen LogP contribution in [0, 0.1) is 24.5 Å². The number of benzene rings is 2. The Morgan fingerprint density at radius 3 is 1.21 bits per heavy atom. The Hall–Kier alpha value is -4.10. The summed E-state index contributed by atoms with van der Waals surface area (Å²) in [5.41, 5.74) is 3.98. The van der Waals surface area contributed by atoms with E-state index in [1.165, 1.54) is 193 Å². The highest BCUT2D eigenvalue weighted by molar-refractivity contribution is 7.34. The molecule has 80 heavy (non-hydrogen) atoms. The minimum absolute atomic E-state index is 0.103. The van der Waals surface area contributed by atoms with Gasteiger partial charge in [0.15, 0.2) is 0 Å². The molecule has 6 heterocycles. The fourth-order valence-corrected chi connectivity index (χ4v) is 17.2. The number of aromatic nitrogens is 2. The lowest BCUT2D eigenvalue weighted by atomic mass is 10.0. The Morgan fingerprint density at radius 2 is 0.800 bits per heavy atom. The molecule has 6 aromatic heterocycles. The largest absolute Gasteiger partial charge is 0.413 e. The number of hydrogen-bond acceptors (Lipinski definition) is 4. The molecule has 0 aliphatic rings. The van der Waals surface area contributed by atoms with Gasteiger partial charge in [0.25, 0.3) is 0 Å². The van der Waals surface area contributed by atoms with Crippen LogP contribution in [0.4, 0.5) is 26.3 Å². The minimum Gasteiger partial charge on any atom is -0.342 e. The fraction of sp³-hybridized carbons (Fsp3) is 0.529. The summed E-state index contributed by atoms with van der Waals surface area (Å²) >= 11 is 7.57. The second kappa shape index (κ2) is 28.5. The lowest BCUT2D eigenvalue weighted by Gasteiger charge is -2.07. The van der Waals surface area contributed by atoms with Crippen molar-refractivity contribution in [3.05, 3.63) is 103 Å². The van der Waals surface area contributed by atoms with Crippen LogP contribution in [-0.4, -0.2) is 21.5 Å². The molecule has 0 radical (unpaired) electrons. The Balaban J connectivity index is 1.16. The van der Waals surface area contributed by atoms with Gasteiger partial charge in [0.1, 0.15) is 0 Å². The highest BCUT2D eigenvalue weighted by atomic mass is 32.1. The van der Waals surface area contributed by atoms with Crippen LogP contribution in [0.1, 0.15) is 203 Å². The highest BCUT2D eigenvalue weighted by Crippen LogP contribution is 2.52. The van der Waals surface area contributed by atoms with Crippen LogP contribution < -0.4 is 10.4 Å². The van der Waals surface area contributed by atoms with E-state index in [2.05, 4.69) is 45.0 Å². The first-order valence-electron chi connectivity index (χ1n) is 30.2. The van der Waals surface area contributed by atoms with E-state index < -0.39 is 23.5 Å². The van der Waals surface area contributed by atoms with E-state index in [4.69, 9.17) is 0 Å². The fourth-order valence-electron chi connectivity index (χ4n) is 12.1. The monoisotopic (exact) mass is 1170 g/mol. The molecule has 2 aromatic carbocycles. The van der Waals surface area contributed by atoms with Crippen LogP contribution in [-0.2, 0) is 26.9 Å². The SMILES string of the molecule is CCCCCCCCCCCCCCc1c(-c2ccc(C)s2)sc2c(CCCCCCCCCCCCCC)c(-c3ccc(-c4ccc5c(=C(/C)C(F)(F)F)/c(=c6/c(=C(/C)C(F)(F)F)c7ccc(C)cc7n6C)n(C)c5c4)s3)sc12. The average Bonchev–Trinajstić information content (AvgIpc) is 4.47. The van der Waals surface area contributed by atoms with Crippen LogP contribution in [0.2, 0.25) is 0 Å². The molecule has 12 heteroatoms. The molecular weight excluding hydrogens is 1090 g/mol. The topological polar surface area (TPSA) is 9.86 Å². The molecule has 0 spiro atoms. The van der Waals surface area contributed by atoms with Crippen molar-refractivity contribution in [2.24, 2.45) is 14.1 Å². The van der Waals surface area contributed by atoms with Crippen molar-refractivity contribution in [1.82, 2.24) is 9.13 Å². The molecule has 0 amide bonds. The molecule has 0 N–H and O–H groups in total. The van der Waals surface area contributed by atoms with Gasteiger partial charge in [-0.3, -0.25) is 0 Å². The number of nitrogens with zero attached hydrogens (tertiary/aromatic N) is 2. The van der Waals surface area contributed by atoms with Crippen LogP contribution >= 0.6 is 45.3 Å². The van der Waals surface area contributed by atoms with Gasteiger partial charge in [-0.2, -0.15) is 26.3 Å². The normalized spacial score (nSPS) is 13.8. The van der Waals surface area contributed by atoms with Gasteiger partial charge >= 0.3 is 12.4 Å². The number of hydrogen-bond donors (Lipinski definition) is 0. The predicted molar refractivity (Wildman–Crippen MR) is 337 cm³/mol. The molecule has 0 atom stereocenters. The number of halogens is 6. The maximum absolute atomic E-state index is 15.1. The van der Waals surface area contributed by atoms with Gasteiger partial charge in [-0.15, -0.1) is 45.3 Å². The van der Waals surface area contributed by atoms with Gasteiger partial charge < -0.3 is 9.13 Å². The lowest BCUT2D eigenvalue weighted by molar-refractivity contribution is -0.0719. The third-order valence-corrected chi connectivity index (χ3v) is 21.9. The molecule has 0 fully saturated rings. The van der Waals surface area contributed by atoms with Gasteiger partial charge in [-0.05, 0) is 112 Å². The summed E-state index contributed by atoms with van der Waals surface area (Å²) in [5, 5.41) is 0.680. The first kappa shape index (κ1) is 62.0. The van der Waals surface area contributed by atoms with Crippen molar-refractivity contribution < 1.29 is 26.3 Å². The number of fused-ring (bicyclic) bond motifs is 3. The second-order valence-corrected chi connectivity index (χ2v) is 27.3. The smallest absolute Gasteiger partial charge is 0.342 e. The predicted octanol–water partition coefficient (Wildman–Crippen LogP) is 22.9. The van der Waals surface area contributed by atoms with Gasteiger partial charge in [-0.25, -0.2) is 0 Å². The quantitative estimate of drug-likeness (QED) is 0.0327. The molecule has 8 rings (SSSR count). The van der Waals surface area contributed by atoms with Crippen molar-refractivity contribution in [2.75, 3.05) is 0 Å². The van der Waals surface area contributed by atoms with Crippen LogP contribution in [0.15, 0.2) is 60.7 Å². The zero-order valence-electron chi connectivity index (χ0n) is 49.0. The number of unbranched alkanes of at least 4 members (excludes halogenated alkanes) is 22. The zero-order chi connectivity index (χ0) is 57.1. The number of thiophene rings is 4. The number of aryl methyl sites for hydroxylation is 6. The van der Waals surface area contributed by atoms with Crippen LogP contribution in [0.5, 0.6) is 0 Å². The van der Waals surface area contributed by atoms with E-state index in [1.807, 2.05) is 53.1 Å². The molecule has 0 unspecified atom stereocenters. The van der Waals surface area contributed by atoms with Crippen molar-refractivity contribution in [3.63, 3.8) is 0 Å². The van der Waals surface area contributed by atoms with Crippen molar-refractivity contribution >= 4 is 87.7 Å². The summed E-state index contributed by atoms with van der Waals surface area (Å²) in [6.07, 6.45) is 24.1. The molecule has 8 aromatic rings. The van der Waals surface area contributed by atoms with Crippen LogP contribution in [0.3, 0.4) is 0 Å². The average molecular weight is 1170 g/mol. The molecule has 0 bridgehead atoms. The van der Waals surface area contributed by atoms with Crippen molar-refractivity contribution in [3.8, 4) is 29.9 Å². The van der Waals surface area contributed by atoms with Crippen LogP contribution in [0.25, 0.3) is 72.3 Å². The van der Waals surface area contributed by atoms with Gasteiger partial charge in [-0.1, -0.05) is 179 Å². The van der Waals surface area contributed by atoms with E-state index in [9.17, 15) is 13.2 Å². The Morgan fingerprint density at radius 1 is 0.425 bits per heavy atom. The van der Waals surface area contributed by atoms with E-state index in [0.29, 0.717) is 21.8 Å². The molecule has 0 aliphatic heterocycles. The molecule has 0 saturated carbocycles. The maximum atomic E-state index is 15.1. The van der Waals surface area contributed by atoms with Crippen molar-refractivity contribution in [1.29, 1.82) is 0 Å². The third-order valence-electron chi connectivity index (χ3n) is 16.7. The van der Waals surface area contributed by atoms with E-state index in [0.717, 1.165) is 49.1 Å². The van der Waals surface area contributed by atoms with Gasteiger partial charge in [0.2, 0.25) is 0 Å². The number of alkyl halides is 6. The molecule has 0 saturated heterocycles.